The summed E-state index contributed by atoms with van der Waals surface area (Å²) in [5, 5.41) is 13.9. The van der Waals surface area contributed by atoms with Gasteiger partial charge in [-0.25, -0.2) is 8.42 Å². The Bertz CT molecular complexity index is 1560. The first-order chi connectivity index (χ1) is 19.1. The van der Waals surface area contributed by atoms with E-state index in [0.717, 1.165) is 4.90 Å². The highest BCUT2D eigenvalue weighted by molar-refractivity contribution is 7.89. The summed E-state index contributed by atoms with van der Waals surface area (Å²) >= 11 is 5.86. The van der Waals surface area contributed by atoms with Crippen molar-refractivity contribution >= 4 is 39.3 Å². The standard InChI is InChI=1S/C28H24ClN3O7S/c1-39-21-12-14-22(15-13-21)40(37,38)32(36)25(26(33)30-17-4-5-19-8-10-20(29)11-9-19)16-18-31-27(34)23-6-2-3-7-24(23)28(31)35/h2-3,6-15,25,36H,16-18H2,1H3,(H,30,33). The molecule has 0 bridgehead atoms. The van der Waals surface area contributed by atoms with Gasteiger partial charge in [-0.3, -0.25) is 24.5 Å². The molecule has 0 saturated heterocycles. The van der Waals surface area contributed by atoms with Crippen LogP contribution in [0.4, 0.5) is 0 Å². The number of benzene rings is 3. The summed E-state index contributed by atoms with van der Waals surface area (Å²) in [6, 6.07) is 16.5. The lowest BCUT2D eigenvalue weighted by atomic mass is 10.1. The molecule has 1 atom stereocenters. The molecule has 10 nitrogen and oxygen atoms in total. The second-order valence-corrected chi connectivity index (χ2v) is 10.8. The highest BCUT2D eigenvalue weighted by Gasteiger charge is 2.39. The number of hydrogen-bond acceptors (Lipinski definition) is 7. The Balaban J connectivity index is 1.53. The van der Waals surface area contributed by atoms with E-state index in [0.29, 0.717) is 16.3 Å². The Morgan fingerprint density at radius 3 is 2.20 bits per heavy atom. The van der Waals surface area contributed by atoms with Crippen molar-refractivity contribution in [1.29, 1.82) is 0 Å². The van der Waals surface area contributed by atoms with Gasteiger partial charge in [0.2, 0.25) is 5.91 Å². The molecule has 1 aliphatic heterocycles. The molecule has 12 heteroatoms. The number of imide groups is 1. The number of halogens is 1. The van der Waals surface area contributed by atoms with Crippen LogP contribution in [0.1, 0.15) is 32.7 Å². The van der Waals surface area contributed by atoms with Crippen LogP contribution in [0.3, 0.4) is 0 Å². The lowest BCUT2D eigenvalue weighted by Crippen LogP contribution is -2.49. The zero-order chi connectivity index (χ0) is 28.9. The van der Waals surface area contributed by atoms with Crippen molar-refractivity contribution in [3.8, 4) is 17.6 Å². The lowest BCUT2D eigenvalue weighted by Gasteiger charge is -2.26. The van der Waals surface area contributed by atoms with Gasteiger partial charge in [0.1, 0.15) is 11.8 Å². The molecular formula is C28H24ClN3O7S. The lowest BCUT2D eigenvalue weighted by molar-refractivity contribution is -0.134. The van der Waals surface area contributed by atoms with Gasteiger partial charge in [-0.15, -0.1) is 0 Å². The summed E-state index contributed by atoms with van der Waals surface area (Å²) in [5.41, 5.74) is 1.06. The summed E-state index contributed by atoms with van der Waals surface area (Å²) in [6.45, 7) is -0.489. The normalized spacial score (nSPS) is 13.4. The third kappa shape index (κ3) is 6.16. The Morgan fingerprint density at radius 2 is 1.62 bits per heavy atom. The Kier molecular flexibility index (Phi) is 8.86. The quantitative estimate of drug-likeness (QED) is 0.225. The van der Waals surface area contributed by atoms with Crippen LogP contribution in [0.15, 0.2) is 77.7 Å². The fraction of sp³-hybridized carbons (Fsp3) is 0.179. The van der Waals surface area contributed by atoms with Gasteiger partial charge in [-0.05, 0) is 67.1 Å². The highest BCUT2D eigenvalue weighted by atomic mass is 35.5. The molecule has 3 aromatic rings. The Labute approximate surface area is 236 Å². The Morgan fingerprint density at radius 1 is 1.02 bits per heavy atom. The van der Waals surface area contributed by atoms with Gasteiger partial charge in [0.25, 0.3) is 21.8 Å². The van der Waals surface area contributed by atoms with Gasteiger partial charge in [0.05, 0.1) is 29.7 Å². The minimum atomic E-state index is -4.58. The number of methoxy groups -OCH3 is 1. The van der Waals surface area contributed by atoms with E-state index < -0.39 is 33.8 Å². The van der Waals surface area contributed by atoms with Crippen molar-refractivity contribution in [2.24, 2.45) is 0 Å². The molecule has 1 heterocycles. The predicted molar refractivity (Wildman–Crippen MR) is 145 cm³/mol. The van der Waals surface area contributed by atoms with Gasteiger partial charge in [-0.1, -0.05) is 40.0 Å². The molecule has 2 N–H and O–H groups in total. The number of nitrogens with zero attached hydrogens (tertiary/aromatic N) is 2. The first-order valence-corrected chi connectivity index (χ1v) is 13.8. The molecule has 0 saturated carbocycles. The van der Waals surface area contributed by atoms with Gasteiger partial charge < -0.3 is 10.1 Å². The molecular weight excluding hydrogens is 558 g/mol. The van der Waals surface area contributed by atoms with Crippen molar-refractivity contribution in [1.82, 2.24) is 14.7 Å². The topological polar surface area (TPSA) is 133 Å². The zero-order valence-electron chi connectivity index (χ0n) is 21.2. The molecule has 40 heavy (non-hydrogen) atoms. The van der Waals surface area contributed by atoms with Gasteiger partial charge >= 0.3 is 0 Å². The van der Waals surface area contributed by atoms with Gasteiger partial charge in [0, 0.05) is 17.1 Å². The maximum Gasteiger partial charge on any atom is 0.265 e. The fourth-order valence-electron chi connectivity index (χ4n) is 3.99. The third-order valence-electron chi connectivity index (χ3n) is 6.11. The highest BCUT2D eigenvalue weighted by Crippen LogP contribution is 2.25. The molecule has 1 aliphatic rings. The predicted octanol–water partition coefficient (Wildman–Crippen LogP) is 2.95. The molecule has 0 radical (unpaired) electrons. The summed E-state index contributed by atoms with van der Waals surface area (Å²) in [4.78, 5) is 39.3. The SMILES string of the molecule is COc1ccc(S(=O)(=O)N(O)C(CCN2C(=O)c3ccccc3C2=O)C(=O)NCC#Cc2ccc(Cl)cc2)cc1. The summed E-state index contributed by atoms with van der Waals surface area (Å²) < 4.78 is 31.4. The maximum atomic E-state index is 13.2. The van der Waals surface area contributed by atoms with Crippen LogP contribution in [-0.4, -0.2) is 67.0 Å². The van der Waals surface area contributed by atoms with E-state index in [1.807, 2.05) is 0 Å². The summed E-state index contributed by atoms with van der Waals surface area (Å²) in [5.74, 6) is 3.95. The van der Waals surface area contributed by atoms with Crippen molar-refractivity contribution in [3.05, 3.63) is 94.5 Å². The molecule has 1 unspecified atom stereocenters. The minimum absolute atomic E-state index is 0.0606. The number of hydrogen-bond donors (Lipinski definition) is 2. The van der Waals surface area contributed by atoms with Crippen LogP contribution >= 0.6 is 11.6 Å². The van der Waals surface area contributed by atoms with Crippen LogP contribution in [-0.2, 0) is 14.8 Å². The Hall–Kier alpha value is -4.21. The van der Waals surface area contributed by atoms with Crippen molar-refractivity contribution in [3.63, 3.8) is 0 Å². The number of sulfonamides is 1. The minimum Gasteiger partial charge on any atom is -0.497 e. The molecule has 206 valence electrons. The van der Waals surface area contributed by atoms with Crippen LogP contribution in [0, 0.1) is 11.8 Å². The summed E-state index contributed by atoms with van der Waals surface area (Å²) in [7, 11) is -3.16. The molecule has 0 aliphatic carbocycles. The van der Waals surface area contributed by atoms with Crippen LogP contribution in [0.25, 0.3) is 0 Å². The maximum absolute atomic E-state index is 13.2. The number of nitrogens with one attached hydrogen (secondary N) is 1. The van der Waals surface area contributed by atoms with E-state index >= 15 is 0 Å². The third-order valence-corrected chi connectivity index (χ3v) is 7.97. The van der Waals surface area contributed by atoms with E-state index in [4.69, 9.17) is 16.3 Å². The van der Waals surface area contributed by atoms with Crippen LogP contribution < -0.4 is 10.1 Å². The van der Waals surface area contributed by atoms with E-state index in [9.17, 15) is 28.0 Å². The average Bonchev–Trinajstić information content (AvgIpc) is 3.21. The number of amides is 3. The van der Waals surface area contributed by atoms with E-state index in [1.165, 1.54) is 43.5 Å². The van der Waals surface area contributed by atoms with Crippen LogP contribution in [0.5, 0.6) is 5.75 Å². The zero-order valence-corrected chi connectivity index (χ0v) is 22.8. The second kappa shape index (κ2) is 12.3. The van der Waals surface area contributed by atoms with E-state index in [-0.39, 0.29) is 40.0 Å². The van der Waals surface area contributed by atoms with Crippen molar-refractivity contribution < 1.29 is 32.7 Å². The molecule has 0 fully saturated rings. The number of hydroxylamine groups is 1. The summed E-state index contributed by atoms with van der Waals surface area (Å²) in [6.07, 6.45) is -0.381. The number of carbonyl (C=O) groups is 3. The monoisotopic (exact) mass is 581 g/mol. The van der Waals surface area contributed by atoms with E-state index in [1.54, 1.807) is 36.4 Å². The molecule has 4 rings (SSSR count). The molecule has 0 spiro atoms. The number of ether oxygens (including phenoxy) is 1. The first kappa shape index (κ1) is 28.8. The van der Waals surface area contributed by atoms with Crippen molar-refractivity contribution in [2.75, 3.05) is 20.2 Å². The average molecular weight is 582 g/mol. The first-order valence-electron chi connectivity index (χ1n) is 12.0. The largest absolute Gasteiger partial charge is 0.497 e. The van der Waals surface area contributed by atoms with Crippen LogP contribution in [0.2, 0.25) is 5.02 Å². The molecule has 0 aromatic heterocycles. The number of rotatable bonds is 9. The fourth-order valence-corrected chi connectivity index (χ4v) is 5.35. The van der Waals surface area contributed by atoms with Crippen molar-refractivity contribution in [2.45, 2.75) is 17.4 Å². The second-order valence-electron chi connectivity index (χ2n) is 8.59. The van der Waals surface area contributed by atoms with E-state index in [2.05, 4.69) is 17.2 Å². The smallest absolute Gasteiger partial charge is 0.265 e. The van der Waals surface area contributed by atoms with Gasteiger partial charge in [0.15, 0.2) is 0 Å². The number of fused-ring (bicyclic) bond motifs is 1. The molecule has 3 aromatic carbocycles. The number of carbonyl (C=O) groups excluding carboxylic acids is 3. The molecule has 3 amide bonds. The van der Waals surface area contributed by atoms with Gasteiger partial charge in [-0.2, -0.15) is 0 Å².